The lowest BCUT2D eigenvalue weighted by atomic mass is 9.72. The highest BCUT2D eigenvalue weighted by Gasteiger charge is 2.56. The van der Waals surface area contributed by atoms with Gasteiger partial charge < -0.3 is 159 Å². The number of esters is 3. The molecule has 5 heterocycles. The van der Waals surface area contributed by atoms with Crippen molar-refractivity contribution in [2.24, 2.45) is 29.6 Å². The van der Waals surface area contributed by atoms with Gasteiger partial charge >= 0.3 is 17.9 Å². The first-order valence-electron chi connectivity index (χ1n) is 35.4. The molecule has 0 aromatic carbocycles. The predicted octanol–water partition coefficient (Wildman–Crippen LogP) is -7.00. The Bertz CT molecular complexity index is 2750. The number of carbonyl (C=O) groups excluding carboxylic acids is 3. The number of methoxy groups -OCH3 is 1. The standard InChI is InChI=1S/C67H104O35/c1-90-41-19-30(8-11-34(41)71)62-43(22-32-36(73)20-31(69)21-40(32)94-62)97-67-63(102-66-61(89)57(85)53(81)46(100-66)25-92-48(76)13-5-27-2-9-33(70)37(74)16-27)58(86)54(82)47(101-67)26-93-49(77)14-6-28-4-12-39(38(75)17-28)95-64-60(88)56(84)52(80)45(99-64)24-91-50(78)15-7-29-3-10-35(72)42(18-29)96-65-59(87)55(83)51(79)44(23-68)98-65/h5-7,13-15,27-47,51-75,79-89H,2-4,8-12,16-26H2,1H3/t27?,28?,29?,30?,31?,32?,33?,34?,35?,36?,37?,38?,39?,40?,41?,42?,43?,44-,45-,46-,47-,51-,52-,53-,54-,55+,56+,57+,58+,59-,60-,61-,62?,63-,64-,65-,66+,67-/m1/s1. The average molecular weight is 1470 g/mol. The van der Waals surface area contributed by atoms with Crippen molar-refractivity contribution in [3.8, 4) is 0 Å². The van der Waals surface area contributed by atoms with E-state index in [4.69, 9.17) is 61.6 Å². The van der Waals surface area contributed by atoms with Crippen molar-refractivity contribution in [1.29, 1.82) is 0 Å². The van der Waals surface area contributed by atoms with Gasteiger partial charge in [0.1, 0.15) is 117 Å². The lowest BCUT2D eigenvalue weighted by molar-refractivity contribution is -0.379. The maximum Gasteiger partial charge on any atom is 0.330 e. The van der Waals surface area contributed by atoms with Gasteiger partial charge in [-0.15, -0.1) is 0 Å². The van der Waals surface area contributed by atoms with Gasteiger partial charge in [-0.1, -0.05) is 18.2 Å². The molecule has 10 aliphatic rings. The van der Waals surface area contributed by atoms with Crippen LogP contribution in [0, 0.1) is 29.6 Å². The minimum Gasteiger partial charge on any atom is -0.460 e. The maximum absolute atomic E-state index is 13.5. The molecule has 38 atom stereocenters. The molecule has 5 aliphatic carbocycles. The molecule has 5 aliphatic heterocycles. The second-order valence-electron chi connectivity index (χ2n) is 29.0. The number of hydrogen-bond acceptors (Lipinski definition) is 35. The van der Waals surface area contributed by atoms with E-state index in [0.717, 1.165) is 18.2 Å². The van der Waals surface area contributed by atoms with Crippen LogP contribution in [0.4, 0.5) is 0 Å². The summed E-state index contributed by atoms with van der Waals surface area (Å²) >= 11 is 0. The second-order valence-corrected chi connectivity index (χ2v) is 29.0. The van der Waals surface area contributed by atoms with Gasteiger partial charge in [-0.3, -0.25) is 0 Å². The topological polar surface area (TPSA) is 556 Å². The van der Waals surface area contributed by atoms with Crippen molar-refractivity contribution in [3.05, 3.63) is 36.5 Å². The quantitative estimate of drug-likeness (QED) is 0.0257. The molecule has 0 radical (unpaired) electrons. The van der Waals surface area contributed by atoms with Gasteiger partial charge in [-0.05, 0) is 120 Å². The number of aliphatic hydroxyl groups is 19. The van der Waals surface area contributed by atoms with E-state index in [2.05, 4.69) is 0 Å². The Morgan fingerprint density at radius 3 is 1.33 bits per heavy atom. The van der Waals surface area contributed by atoms with Crippen LogP contribution in [0.2, 0.25) is 0 Å². The summed E-state index contributed by atoms with van der Waals surface area (Å²) in [6.07, 6.45) is -35.8. The van der Waals surface area contributed by atoms with Crippen LogP contribution in [-0.2, 0) is 76.0 Å². The molecular weight excluding hydrogens is 1360 g/mol. The van der Waals surface area contributed by atoms with Crippen LogP contribution in [0.1, 0.15) is 96.3 Å². The molecule has 0 aromatic heterocycles. The summed E-state index contributed by atoms with van der Waals surface area (Å²) in [4.78, 5) is 39.3. The lowest BCUT2D eigenvalue weighted by Crippen LogP contribution is -2.66. The van der Waals surface area contributed by atoms with Gasteiger partial charge in [0.05, 0.1) is 86.0 Å². The number of fused-ring (bicyclic) bond motifs is 1. The summed E-state index contributed by atoms with van der Waals surface area (Å²) in [6.45, 7) is -2.75. The summed E-state index contributed by atoms with van der Waals surface area (Å²) in [5.41, 5.74) is 0. The first kappa shape index (κ1) is 81.0. The minimum atomic E-state index is -2.06. The molecule has 18 unspecified atom stereocenters. The number of ether oxygens (including phenoxy) is 13. The Kier molecular flexibility index (Phi) is 29.0. The molecule has 10 fully saturated rings. The molecule has 0 bridgehead atoms. The molecule has 0 spiro atoms. The van der Waals surface area contributed by atoms with E-state index in [1.54, 1.807) is 0 Å². The SMILES string of the molecule is COC1CC(C2OC3CC(O)CC(O)C3CC2O[C@@H]2O[C@H](COC(=O)C=CC3CCC(O[C@@H]4O[C@H](COC(=O)C=CC5CCC(O)C(O[C@@H]6O[C@H](CO)[C@@H](O)[C@H](O)[C@H]6O)C5)[C@@H](O)[C@H](O)[C@H]4O)C(O)C3)[C@@H](O)[C@H](O)[C@H]2O[C@@H]2O[C@H](COC(=O)C=CC3CCC(O)C(O)C3)[C@@H](O)[C@H](O)[C@H]2O)CCC1O. The van der Waals surface area contributed by atoms with Crippen molar-refractivity contribution >= 4 is 17.9 Å². The highest BCUT2D eigenvalue weighted by molar-refractivity contribution is 5.82. The molecule has 10 rings (SSSR count). The Morgan fingerprint density at radius 2 is 0.804 bits per heavy atom. The molecule has 0 aromatic rings. The predicted molar refractivity (Wildman–Crippen MR) is 336 cm³/mol. The molecule has 102 heavy (non-hydrogen) atoms. The highest BCUT2D eigenvalue weighted by atomic mass is 16.8. The van der Waals surface area contributed by atoms with Gasteiger partial charge in [0.2, 0.25) is 0 Å². The van der Waals surface area contributed by atoms with E-state index in [1.165, 1.54) is 25.3 Å². The lowest BCUT2D eigenvalue weighted by Gasteiger charge is -2.52. The molecule has 19 N–H and O–H groups in total. The van der Waals surface area contributed by atoms with Crippen molar-refractivity contribution < 1.29 is 173 Å². The van der Waals surface area contributed by atoms with E-state index in [9.17, 15) is 111 Å². The zero-order valence-electron chi connectivity index (χ0n) is 56.4. The third-order valence-electron chi connectivity index (χ3n) is 21.9. The van der Waals surface area contributed by atoms with Crippen molar-refractivity contribution in [1.82, 2.24) is 0 Å². The van der Waals surface area contributed by atoms with Crippen LogP contribution in [0.5, 0.6) is 0 Å². The van der Waals surface area contributed by atoms with Gasteiger partial charge in [0.25, 0.3) is 0 Å². The molecular formula is C67H104O35. The largest absolute Gasteiger partial charge is 0.460 e. The van der Waals surface area contributed by atoms with Gasteiger partial charge in [0.15, 0.2) is 25.2 Å². The second kappa shape index (κ2) is 36.6. The zero-order valence-corrected chi connectivity index (χ0v) is 56.4. The Balaban J connectivity index is 0.742. The minimum absolute atomic E-state index is 0.00934. The summed E-state index contributed by atoms with van der Waals surface area (Å²) in [5, 5.41) is 205. The fourth-order valence-electron chi connectivity index (χ4n) is 15.7. The monoisotopic (exact) mass is 1470 g/mol. The van der Waals surface area contributed by atoms with Crippen molar-refractivity contribution in [2.45, 2.75) is 298 Å². The third-order valence-corrected chi connectivity index (χ3v) is 21.9. The number of rotatable bonds is 23. The Labute approximate surface area is 587 Å². The molecule has 35 nitrogen and oxygen atoms in total. The average Bonchev–Trinajstić information content (AvgIpc) is 0.771. The van der Waals surface area contributed by atoms with Gasteiger partial charge in [-0.25, -0.2) is 14.4 Å². The number of hydrogen-bond donors (Lipinski definition) is 19. The molecule has 0 amide bonds. The van der Waals surface area contributed by atoms with E-state index in [0.29, 0.717) is 32.1 Å². The van der Waals surface area contributed by atoms with Gasteiger partial charge in [-0.2, -0.15) is 0 Å². The van der Waals surface area contributed by atoms with Crippen LogP contribution >= 0.6 is 0 Å². The molecule has 5 saturated carbocycles. The zero-order chi connectivity index (χ0) is 73.5. The highest BCUT2D eigenvalue weighted by Crippen LogP contribution is 2.45. The summed E-state index contributed by atoms with van der Waals surface area (Å²) in [7, 11) is 1.45. The van der Waals surface area contributed by atoms with Crippen LogP contribution in [0.3, 0.4) is 0 Å². The van der Waals surface area contributed by atoms with E-state index in [-0.39, 0.29) is 82.0 Å². The van der Waals surface area contributed by atoms with Crippen LogP contribution in [-0.4, -0.2) is 351 Å². The molecule has 582 valence electrons. The molecule has 35 heteroatoms. The van der Waals surface area contributed by atoms with Gasteiger partial charge in [0, 0.05) is 31.3 Å². The number of allylic oxidation sites excluding steroid dienone is 3. The first-order valence-corrected chi connectivity index (χ1v) is 35.4. The third kappa shape index (κ3) is 19.8. The van der Waals surface area contributed by atoms with E-state index >= 15 is 0 Å². The normalized spacial score (nSPS) is 48.4. The fourth-order valence-corrected chi connectivity index (χ4v) is 15.7. The van der Waals surface area contributed by atoms with Crippen LogP contribution in [0.15, 0.2) is 36.5 Å². The fraction of sp³-hybridized carbons (Fsp3) is 0.866. The summed E-state index contributed by atoms with van der Waals surface area (Å²) < 4.78 is 76.5. The summed E-state index contributed by atoms with van der Waals surface area (Å²) in [6, 6.07) is 0. The number of carbonyl (C=O) groups is 3. The van der Waals surface area contributed by atoms with Crippen molar-refractivity contribution in [3.63, 3.8) is 0 Å². The van der Waals surface area contributed by atoms with Crippen molar-refractivity contribution in [2.75, 3.05) is 33.5 Å². The van der Waals surface area contributed by atoms with Crippen LogP contribution < -0.4 is 0 Å². The Morgan fingerprint density at radius 1 is 0.363 bits per heavy atom. The van der Waals surface area contributed by atoms with E-state index in [1.807, 2.05) is 0 Å². The maximum atomic E-state index is 13.5. The summed E-state index contributed by atoms with van der Waals surface area (Å²) in [5.74, 6) is -4.82. The molecule has 5 saturated heterocycles. The Hall–Kier alpha value is -3.53. The smallest absolute Gasteiger partial charge is 0.330 e. The number of aliphatic hydroxyl groups excluding tert-OH is 19. The van der Waals surface area contributed by atoms with Crippen LogP contribution in [0.25, 0.3) is 0 Å². The first-order chi connectivity index (χ1) is 48.6. The van der Waals surface area contributed by atoms with E-state index < -0.39 is 258 Å².